The van der Waals surface area contributed by atoms with E-state index in [4.69, 9.17) is 6.42 Å². The van der Waals surface area contributed by atoms with Crippen molar-refractivity contribution in [2.75, 3.05) is 19.6 Å². The van der Waals surface area contributed by atoms with Crippen LogP contribution in [0.5, 0.6) is 0 Å². The van der Waals surface area contributed by atoms with Crippen LogP contribution >= 0.6 is 0 Å². The van der Waals surface area contributed by atoms with Crippen LogP contribution in [-0.2, 0) is 0 Å². The summed E-state index contributed by atoms with van der Waals surface area (Å²) in [6.07, 6.45) is 7.83. The number of nitrogens with zero attached hydrogens (tertiary/aromatic N) is 1. The molecule has 0 aromatic rings. The SMILES string of the molecule is C#CCCN1CCC(CC2CCC(C(F)(F)F)CC2)CC1. The number of rotatable bonds is 4. The van der Waals surface area contributed by atoms with Gasteiger partial charge in [-0.05, 0) is 69.9 Å². The van der Waals surface area contributed by atoms with Crippen LogP contribution in [0.4, 0.5) is 13.2 Å². The van der Waals surface area contributed by atoms with Crippen LogP contribution in [0.25, 0.3) is 0 Å². The summed E-state index contributed by atoms with van der Waals surface area (Å²) in [7, 11) is 0. The third kappa shape index (κ3) is 5.21. The maximum atomic E-state index is 12.7. The Morgan fingerprint density at radius 1 is 0.952 bits per heavy atom. The van der Waals surface area contributed by atoms with Crippen LogP contribution in [0.1, 0.15) is 51.4 Å². The molecule has 2 fully saturated rings. The number of terminal acetylenes is 1. The third-order valence-electron chi connectivity index (χ3n) is 5.26. The molecule has 0 atom stereocenters. The van der Waals surface area contributed by atoms with Crippen LogP contribution in [0.15, 0.2) is 0 Å². The Balaban J connectivity index is 1.65. The molecule has 0 spiro atoms. The first-order chi connectivity index (χ1) is 9.99. The molecule has 1 saturated heterocycles. The molecule has 0 N–H and O–H groups in total. The zero-order valence-corrected chi connectivity index (χ0v) is 12.7. The van der Waals surface area contributed by atoms with Gasteiger partial charge in [0.25, 0.3) is 0 Å². The second kappa shape index (κ2) is 7.54. The highest BCUT2D eigenvalue weighted by atomic mass is 19.4. The predicted octanol–water partition coefficient (Wildman–Crippen LogP) is 4.48. The van der Waals surface area contributed by atoms with E-state index in [9.17, 15) is 13.2 Å². The summed E-state index contributed by atoms with van der Waals surface area (Å²) in [6, 6.07) is 0. The van der Waals surface area contributed by atoms with Crippen LogP contribution in [0, 0.1) is 30.1 Å². The van der Waals surface area contributed by atoms with Crippen LogP contribution in [0.2, 0.25) is 0 Å². The van der Waals surface area contributed by atoms with Gasteiger partial charge in [-0.25, -0.2) is 0 Å². The zero-order chi connectivity index (χ0) is 15.3. The number of likely N-dealkylation sites (tertiary alicyclic amines) is 1. The van der Waals surface area contributed by atoms with E-state index in [1.807, 2.05) is 0 Å². The van der Waals surface area contributed by atoms with E-state index in [-0.39, 0.29) is 0 Å². The van der Waals surface area contributed by atoms with Crippen molar-refractivity contribution in [3.8, 4) is 12.3 Å². The first kappa shape index (κ1) is 16.7. The summed E-state index contributed by atoms with van der Waals surface area (Å²) in [5.41, 5.74) is 0. The number of hydrogen-bond donors (Lipinski definition) is 0. The van der Waals surface area contributed by atoms with Crippen molar-refractivity contribution in [3.63, 3.8) is 0 Å². The lowest BCUT2D eigenvalue weighted by molar-refractivity contribution is -0.184. The molecular formula is C17H26F3N. The molecule has 4 heteroatoms. The minimum Gasteiger partial charge on any atom is -0.302 e. The molecule has 1 aliphatic carbocycles. The maximum Gasteiger partial charge on any atom is 0.391 e. The average Bonchev–Trinajstić information content (AvgIpc) is 2.46. The fraction of sp³-hybridized carbons (Fsp3) is 0.882. The molecule has 2 rings (SSSR count). The smallest absolute Gasteiger partial charge is 0.302 e. The fourth-order valence-corrected chi connectivity index (χ4v) is 3.87. The molecule has 0 aromatic carbocycles. The molecular weight excluding hydrogens is 275 g/mol. The summed E-state index contributed by atoms with van der Waals surface area (Å²) < 4.78 is 38.0. The molecule has 1 heterocycles. The van der Waals surface area contributed by atoms with Gasteiger partial charge in [-0.15, -0.1) is 12.3 Å². The lowest BCUT2D eigenvalue weighted by atomic mass is 9.76. The first-order valence-corrected chi connectivity index (χ1v) is 8.21. The molecule has 1 saturated carbocycles. The zero-order valence-electron chi connectivity index (χ0n) is 12.7. The van der Waals surface area contributed by atoms with Crippen molar-refractivity contribution in [2.24, 2.45) is 17.8 Å². The minimum absolute atomic E-state index is 0.342. The molecule has 0 bridgehead atoms. The van der Waals surface area contributed by atoms with Crippen molar-refractivity contribution in [2.45, 2.75) is 57.5 Å². The standard InChI is InChI=1S/C17H26F3N/c1-2-3-10-21-11-8-15(9-12-21)13-14-4-6-16(7-5-14)17(18,19)20/h1,14-16H,3-13H2. The van der Waals surface area contributed by atoms with E-state index in [1.165, 1.54) is 12.8 Å². The van der Waals surface area contributed by atoms with Crippen molar-refractivity contribution >= 4 is 0 Å². The summed E-state index contributed by atoms with van der Waals surface area (Å²) in [6.45, 7) is 3.19. The van der Waals surface area contributed by atoms with Crippen molar-refractivity contribution in [3.05, 3.63) is 0 Å². The van der Waals surface area contributed by atoms with E-state index in [0.717, 1.165) is 45.3 Å². The first-order valence-electron chi connectivity index (χ1n) is 8.21. The monoisotopic (exact) mass is 301 g/mol. The maximum absolute atomic E-state index is 12.7. The predicted molar refractivity (Wildman–Crippen MR) is 78.7 cm³/mol. The van der Waals surface area contributed by atoms with Gasteiger partial charge in [0.1, 0.15) is 0 Å². The van der Waals surface area contributed by atoms with Gasteiger partial charge in [-0.2, -0.15) is 13.2 Å². The molecule has 120 valence electrons. The topological polar surface area (TPSA) is 3.24 Å². The van der Waals surface area contributed by atoms with E-state index >= 15 is 0 Å². The van der Waals surface area contributed by atoms with Crippen LogP contribution in [0.3, 0.4) is 0 Å². The van der Waals surface area contributed by atoms with Gasteiger partial charge in [0, 0.05) is 13.0 Å². The van der Waals surface area contributed by atoms with Crippen molar-refractivity contribution < 1.29 is 13.2 Å². The molecule has 0 aromatic heterocycles. The fourth-order valence-electron chi connectivity index (χ4n) is 3.87. The van der Waals surface area contributed by atoms with Crippen molar-refractivity contribution in [1.29, 1.82) is 0 Å². The van der Waals surface area contributed by atoms with E-state index in [2.05, 4.69) is 10.8 Å². The highest BCUT2D eigenvalue weighted by Crippen LogP contribution is 2.41. The Hall–Kier alpha value is -0.690. The Morgan fingerprint density at radius 3 is 2.05 bits per heavy atom. The lowest BCUT2D eigenvalue weighted by Gasteiger charge is -2.35. The van der Waals surface area contributed by atoms with Gasteiger partial charge in [-0.1, -0.05) is 0 Å². The van der Waals surface area contributed by atoms with Crippen molar-refractivity contribution in [1.82, 2.24) is 4.90 Å². The second-order valence-corrected chi connectivity index (χ2v) is 6.73. The summed E-state index contributed by atoms with van der Waals surface area (Å²) in [5, 5.41) is 0. The summed E-state index contributed by atoms with van der Waals surface area (Å²) in [4.78, 5) is 2.41. The largest absolute Gasteiger partial charge is 0.391 e. The Kier molecular flexibility index (Phi) is 5.98. The van der Waals surface area contributed by atoms with Gasteiger partial charge in [0.05, 0.1) is 5.92 Å². The highest BCUT2D eigenvalue weighted by molar-refractivity contribution is 4.86. The quantitative estimate of drug-likeness (QED) is 0.692. The van der Waals surface area contributed by atoms with Gasteiger partial charge in [-0.3, -0.25) is 0 Å². The number of piperidine rings is 1. The summed E-state index contributed by atoms with van der Waals surface area (Å²) in [5.74, 6) is 2.86. The number of hydrogen-bond acceptors (Lipinski definition) is 1. The normalized spacial score (nSPS) is 29.2. The Labute approximate surface area is 126 Å². The van der Waals surface area contributed by atoms with Gasteiger partial charge in [0.15, 0.2) is 0 Å². The lowest BCUT2D eigenvalue weighted by Crippen LogP contribution is -2.35. The van der Waals surface area contributed by atoms with E-state index < -0.39 is 12.1 Å². The third-order valence-corrected chi connectivity index (χ3v) is 5.26. The molecule has 21 heavy (non-hydrogen) atoms. The molecule has 0 radical (unpaired) electrons. The Bertz CT molecular complexity index is 342. The van der Waals surface area contributed by atoms with E-state index in [1.54, 1.807) is 0 Å². The number of halogens is 3. The molecule has 1 aliphatic heterocycles. The van der Waals surface area contributed by atoms with Gasteiger partial charge < -0.3 is 4.90 Å². The van der Waals surface area contributed by atoms with Crippen LogP contribution < -0.4 is 0 Å². The van der Waals surface area contributed by atoms with Gasteiger partial charge >= 0.3 is 6.18 Å². The van der Waals surface area contributed by atoms with E-state index in [0.29, 0.717) is 24.7 Å². The van der Waals surface area contributed by atoms with Gasteiger partial charge in [0.2, 0.25) is 0 Å². The second-order valence-electron chi connectivity index (χ2n) is 6.73. The summed E-state index contributed by atoms with van der Waals surface area (Å²) >= 11 is 0. The average molecular weight is 301 g/mol. The minimum atomic E-state index is -3.98. The Morgan fingerprint density at radius 2 is 1.52 bits per heavy atom. The molecule has 2 aliphatic rings. The highest BCUT2D eigenvalue weighted by Gasteiger charge is 2.41. The molecule has 0 unspecified atom stereocenters. The molecule has 1 nitrogen and oxygen atoms in total. The molecule has 0 amide bonds. The number of alkyl halides is 3. The van der Waals surface area contributed by atoms with Crippen LogP contribution in [-0.4, -0.2) is 30.7 Å².